The second-order valence-electron chi connectivity index (χ2n) is 7.16. The standard InChI is InChI=1S/C23H24BrN3O4S/c1-14-19(22(29)31-11-10-30-3)20(26-23(32)27(14)2)15-6-5-9-18(13-15)25-21(28)16-7-4-8-17(24)12-16/h4-9,12-13,20H,10-11H2,1-3H3,(H,25,28)(H,26,32). The molecule has 1 amide bonds. The number of nitrogens with one attached hydrogen (secondary N) is 2. The molecule has 2 aromatic carbocycles. The second-order valence-corrected chi connectivity index (χ2v) is 8.46. The van der Waals surface area contributed by atoms with Gasteiger partial charge in [0.25, 0.3) is 5.91 Å². The minimum absolute atomic E-state index is 0.149. The fraction of sp³-hybridized carbons (Fsp3) is 0.261. The maximum absolute atomic E-state index is 12.9. The van der Waals surface area contributed by atoms with Crippen LogP contribution < -0.4 is 10.6 Å². The largest absolute Gasteiger partial charge is 0.460 e. The molecule has 0 saturated carbocycles. The van der Waals surface area contributed by atoms with E-state index in [1.54, 1.807) is 43.3 Å². The minimum atomic E-state index is -0.517. The number of esters is 1. The summed E-state index contributed by atoms with van der Waals surface area (Å²) in [5.74, 6) is -0.684. The third-order valence-corrected chi connectivity index (χ3v) is 5.94. The van der Waals surface area contributed by atoms with Gasteiger partial charge in [0.05, 0.1) is 18.2 Å². The van der Waals surface area contributed by atoms with Crippen molar-refractivity contribution in [1.82, 2.24) is 10.2 Å². The van der Waals surface area contributed by atoms with Gasteiger partial charge in [-0.3, -0.25) is 4.79 Å². The predicted octanol–water partition coefficient (Wildman–Crippen LogP) is 4.03. The average molecular weight is 518 g/mol. The number of thiocarbonyl (C=S) groups is 1. The van der Waals surface area contributed by atoms with Crippen molar-refractivity contribution in [2.24, 2.45) is 0 Å². The number of allylic oxidation sites excluding steroid dienone is 1. The summed E-state index contributed by atoms with van der Waals surface area (Å²) in [5.41, 5.74) is 3.05. The molecule has 9 heteroatoms. The van der Waals surface area contributed by atoms with Gasteiger partial charge in [-0.2, -0.15) is 0 Å². The Kier molecular flexibility index (Phi) is 8.00. The SMILES string of the molecule is COCCOC(=O)C1=C(C)N(C)C(=S)NC1c1cccc(NC(=O)c2cccc(Br)c2)c1. The van der Waals surface area contributed by atoms with E-state index in [1.165, 1.54) is 0 Å². The quantitative estimate of drug-likeness (QED) is 0.326. The summed E-state index contributed by atoms with van der Waals surface area (Å²) >= 11 is 8.82. The highest BCUT2D eigenvalue weighted by molar-refractivity contribution is 9.10. The van der Waals surface area contributed by atoms with Crippen molar-refractivity contribution in [3.8, 4) is 0 Å². The van der Waals surface area contributed by atoms with Gasteiger partial charge in [-0.25, -0.2) is 4.79 Å². The van der Waals surface area contributed by atoms with Gasteiger partial charge in [-0.05, 0) is 55.0 Å². The molecule has 32 heavy (non-hydrogen) atoms. The smallest absolute Gasteiger partial charge is 0.338 e. The highest BCUT2D eigenvalue weighted by Crippen LogP contribution is 2.32. The Morgan fingerprint density at radius 3 is 2.66 bits per heavy atom. The Balaban J connectivity index is 1.88. The number of halogens is 1. The Labute approximate surface area is 200 Å². The Bertz CT molecular complexity index is 1070. The zero-order valence-electron chi connectivity index (χ0n) is 18.0. The van der Waals surface area contributed by atoms with Gasteiger partial charge in [0.15, 0.2) is 5.11 Å². The first kappa shape index (κ1) is 23.9. The highest BCUT2D eigenvalue weighted by atomic mass is 79.9. The van der Waals surface area contributed by atoms with E-state index in [0.717, 1.165) is 10.0 Å². The third-order valence-electron chi connectivity index (χ3n) is 5.06. The highest BCUT2D eigenvalue weighted by Gasteiger charge is 2.33. The van der Waals surface area contributed by atoms with Gasteiger partial charge in [0.1, 0.15) is 6.61 Å². The first-order chi connectivity index (χ1) is 15.3. The first-order valence-electron chi connectivity index (χ1n) is 9.89. The predicted molar refractivity (Wildman–Crippen MR) is 130 cm³/mol. The number of nitrogens with zero attached hydrogens (tertiary/aromatic N) is 1. The van der Waals surface area contributed by atoms with Gasteiger partial charge >= 0.3 is 5.97 Å². The number of carbonyl (C=O) groups is 2. The van der Waals surface area contributed by atoms with Crippen LogP contribution in [0.3, 0.4) is 0 Å². The fourth-order valence-corrected chi connectivity index (χ4v) is 3.93. The molecule has 0 radical (unpaired) electrons. The molecule has 2 aromatic rings. The first-order valence-corrected chi connectivity index (χ1v) is 11.1. The molecule has 2 N–H and O–H groups in total. The molecule has 1 aliphatic heterocycles. The molecule has 7 nitrogen and oxygen atoms in total. The number of ether oxygens (including phenoxy) is 2. The van der Waals surface area contributed by atoms with Crippen LogP contribution in [-0.2, 0) is 14.3 Å². The lowest BCUT2D eigenvalue weighted by Crippen LogP contribution is -2.46. The number of hydrogen-bond donors (Lipinski definition) is 2. The molecule has 1 aliphatic rings. The van der Waals surface area contributed by atoms with Gasteiger partial charge in [0, 0.05) is 35.6 Å². The normalized spacial score (nSPS) is 15.9. The van der Waals surface area contributed by atoms with Crippen LogP contribution in [0.15, 0.2) is 64.3 Å². The molecule has 0 aromatic heterocycles. The molecular weight excluding hydrogens is 494 g/mol. The summed E-state index contributed by atoms with van der Waals surface area (Å²) < 4.78 is 11.2. The molecule has 1 heterocycles. The van der Waals surface area contributed by atoms with E-state index >= 15 is 0 Å². The van der Waals surface area contributed by atoms with E-state index in [-0.39, 0.29) is 12.5 Å². The van der Waals surface area contributed by atoms with Crippen molar-refractivity contribution < 1.29 is 19.1 Å². The van der Waals surface area contributed by atoms with Crippen molar-refractivity contribution in [2.45, 2.75) is 13.0 Å². The molecular formula is C23H24BrN3O4S. The number of anilines is 1. The van der Waals surface area contributed by atoms with Gasteiger partial charge < -0.3 is 25.0 Å². The van der Waals surface area contributed by atoms with Crippen molar-refractivity contribution in [3.63, 3.8) is 0 Å². The topological polar surface area (TPSA) is 79.9 Å². The lowest BCUT2D eigenvalue weighted by Gasteiger charge is -2.35. The maximum atomic E-state index is 12.9. The second kappa shape index (κ2) is 10.7. The third kappa shape index (κ3) is 5.53. The number of carbonyl (C=O) groups excluding carboxylic acids is 2. The molecule has 0 spiro atoms. The molecule has 1 unspecified atom stereocenters. The van der Waals surface area contributed by atoms with E-state index in [9.17, 15) is 9.59 Å². The summed E-state index contributed by atoms with van der Waals surface area (Å²) in [7, 11) is 3.33. The number of benzene rings is 2. The van der Waals surface area contributed by atoms with Gasteiger partial charge in [0.2, 0.25) is 0 Å². The summed E-state index contributed by atoms with van der Waals surface area (Å²) in [5, 5.41) is 6.60. The lowest BCUT2D eigenvalue weighted by molar-refractivity contribution is -0.140. The molecule has 0 fully saturated rings. The number of amides is 1. The molecule has 168 valence electrons. The average Bonchev–Trinajstić information content (AvgIpc) is 2.77. The van der Waals surface area contributed by atoms with E-state index < -0.39 is 12.0 Å². The summed E-state index contributed by atoms with van der Waals surface area (Å²) in [4.78, 5) is 27.3. The zero-order chi connectivity index (χ0) is 23.3. The maximum Gasteiger partial charge on any atom is 0.338 e. The molecule has 0 bridgehead atoms. The lowest BCUT2D eigenvalue weighted by atomic mass is 9.95. The number of hydrogen-bond acceptors (Lipinski definition) is 5. The number of rotatable bonds is 7. The van der Waals surface area contributed by atoms with E-state index in [0.29, 0.717) is 34.2 Å². The van der Waals surface area contributed by atoms with E-state index in [1.807, 2.05) is 31.2 Å². The van der Waals surface area contributed by atoms with Crippen molar-refractivity contribution in [3.05, 3.63) is 75.4 Å². The van der Waals surface area contributed by atoms with Crippen LogP contribution in [0.1, 0.15) is 28.9 Å². The van der Waals surface area contributed by atoms with Crippen molar-refractivity contribution >= 4 is 50.8 Å². The minimum Gasteiger partial charge on any atom is -0.460 e. The molecule has 0 aliphatic carbocycles. The van der Waals surface area contributed by atoms with Crippen LogP contribution in [0.4, 0.5) is 5.69 Å². The van der Waals surface area contributed by atoms with Crippen LogP contribution in [-0.4, -0.2) is 49.3 Å². The Morgan fingerprint density at radius 1 is 1.19 bits per heavy atom. The Morgan fingerprint density at radius 2 is 1.94 bits per heavy atom. The fourth-order valence-electron chi connectivity index (χ4n) is 3.27. The van der Waals surface area contributed by atoms with Crippen LogP contribution >= 0.6 is 28.1 Å². The van der Waals surface area contributed by atoms with E-state index in [2.05, 4.69) is 26.6 Å². The monoisotopic (exact) mass is 517 g/mol. The summed E-state index contributed by atoms with van der Waals surface area (Å²) in [6, 6.07) is 13.9. The van der Waals surface area contributed by atoms with Crippen molar-refractivity contribution in [2.75, 3.05) is 32.7 Å². The Hall–Kier alpha value is -2.75. The molecule has 0 saturated heterocycles. The molecule has 1 atom stereocenters. The van der Waals surface area contributed by atoms with E-state index in [4.69, 9.17) is 21.7 Å². The van der Waals surface area contributed by atoms with Crippen LogP contribution in [0.25, 0.3) is 0 Å². The van der Waals surface area contributed by atoms with Crippen LogP contribution in [0, 0.1) is 0 Å². The summed E-state index contributed by atoms with van der Waals surface area (Å²) in [6.45, 7) is 2.28. The summed E-state index contributed by atoms with van der Waals surface area (Å²) in [6.07, 6.45) is 0. The van der Waals surface area contributed by atoms with Crippen LogP contribution in [0.5, 0.6) is 0 Å². The van der Waals surface area contributed by atoms with Crippen molar-refractivity contribution in [1.29, 1.82) is 0 Å². The zero-order valence-corrected chi connectivity index (χ0v) is 20.4. The molecule has 3 rings (SSSR count). The van der Waals surface area contributed by atoms with Crippen LogP contribution in [0.2, 0.25) is 0 Å². The van der Waals surface area contributed by atoms with Gasteiger partial charge in [-0.15, -0.1) is 0 Å². The van der Waals surface area contributed by atoms with Gasteiger partial charge in [-0.1, -0.05) is 34.1 Å². The number of methoxy groups -OCH3 is 1.